The van der Waals surface area contributed by atoms with Gasteiger partial charge in [-0.1, -0.05) is 41.9 Å². The van der Waals surface area contributed by atoms with Gasteiger partial charge >= 0.3 is 0 Å². The highest BCUT2D eigenvalue weighted by Gasteiger charge is 2.10. The highest BCUT2D eigenvalue weighted by Crippen LogP contribution is 2.28. The first-order valence-electron chi connectivity index (χ1n) is 10.1. The summed E-state index contributed by atoms with van der Waals surface area (Å²) < 4.78 is 11.0. The zero-order valence-corrected chi connectivity index (χ0v) is 18.5. The van der Waals surface area contributed by atoms with Crippen LogP contribution in [0.3, 0.4) is 0 Å². The number of pyridine rings is 1. The van der Waals surface area contributed by atoms with E-state index in [1.54, 1.807) is 42.6 Å². The zero-order valence-electron chi connectivity index (χ0n) is 17.8. The normalized spacial score (nSPS) is 10.8. The number of ether oxygens (including phenoxy) is 2. The van der Waals surface area contributed by atoms with Gasteiger partial charge in [0, 0.05) is 5.39 Å². The molecule has 0 unspecified atom stereocenters. The van der Waals surface area contributed by atoms with Crippen molar-refractivity contribution in [3.8, 4) is 11.5 Å². The number of para-hydroxylation sites is 2. The maximum atomic E-state index is 12.2. The molecule has 7 nitrogen and oxygen atoms in total. The maximum Gasteiger partial charge on any atom is 0.262 e. The van der Waals surface area contributed by atoms with Crippen molar-refractivity contribution in [1.29, 1.82) is 0 Å². The summed E-state index contributed by atoms with van der Waals surface area (Å²) in [4.78, 5) is 16.7. The molecule has 0 saturated carbocycles. The molecular formula is C25H21ClN4O3. The summed E-state index contributed by atoms with van der Waals surface area (Å²) in [6.07, 6.45) is 1.65. The molecule has 0 aliphatic rings. The molecule has 8 heteroatoms. The summed E-state index contributed by atoms with van der Waals surface area (Å²) in [5, 5.41) is 8.48. The number of nitrogens with zero attached hydrogens (tertiary/aromatic N) is 2. The molecule has 1 amide bonds. The number of benzene rings is 3. The van der Waals surface area contributed by atoms with Crippen molar-refractivity contribution in [3.05, 3.63) is 89.4 Å². The Hall–Kier alpha value is -4.10. The first-order chi connectivity index (χ1) is 16.1. The first kappa shape index (κ1) is 22.1. The number of aromatic nitrogens is 1. The Bertz CT molecular complexity index is 1310. The number of carbonyl (C=O) groups is 1. The average Bonchev–Trinajstić information content (AvgIpc) is 2.84. The van der Waals surface area contributed by atoms with Crippen molar-refractivity contribution in [3.63, 3.8) is 0 Å². The zero-order chi connectivity index (χ0) is 23.0. The summed E-state index contributed by atoms with van der Waals surface area (Å²) >= 11 is 6.06. The van der Waals surface area contributed by atoms with Crippen molar-refractivity contribution in [1.82, 2.24) is 4.98 Å². The first-order valence-corrected chi connectivity index (χ1v) is 10.5. The second-order valence-electron chi connectivity index (χ2n) is 6.99. The van der Waals surface area contributed by atoms with Crippen LogP contribution in [0.5, 0.6) is 11.5 Å². The number of hydrogen-bond acceptors (Lipinski definition) is 6. The lowest BCUT2D eigenvalue weighted by atomic mass is 10.2. The number of fused-ring (bicyclic) bond motifs is 1. The van der Waals surface area contributed by atoms with Gasteiger partial charge in [-0.15, -0.1) is 0 Å². The fourth-order valence-electron chi connectivity index (χ4n) is 3.08. The molecule has 0 saturated heterocycles. The molecule has 0 fully saturated rings. The quantitative estimate of drug-likeness (QED) is 0.273. The number of halogens is 1. The number of anilines is 2. The molecule has 1 heterocycles. The van der Waals surface area contributed by atoms with Crippen molar-refractivity contribution in [2.24, 2.45) is 5.10 Å². The van der Waals surface area contributed by atoms with Crippen LogP contribution in [0.4, 0.5) is 11.5 Å². The minimum atomic E-state index is -0.331. The number of rotatable bonds is 8. The number of amides is 1. The Balaban J connectivity index is 1.36. The lowest BCUT2D eigenvalue weighted by Crippen LogP contribution is -2.20. The van der Waals surface area contributed by atoms with Gasteiger partial charge in [0.2, 0.25) is 0 Å². The van der Waals surface area contributed by atoms with E-state index in [0.29, 0.717) is 28.0 Å². The number of methoxy groups -OCH3 is 1. The monoisotopic (exact) mass is 460 g/mol. The lowest BCUT2D eigenvalue weighted by Gasteiger charge is -2.12. The van der Waals surface area contributed by atoms with E-state index in [-0.39, 0.29) is 12.5 Å². The van der Waals surface area contributed by atoms with Crippen LogP contribution in [-0.2, 0) is 4.79 Å². The molecule has 0 aliphatic heterocycles. The third-order valence-corrected chi connectivity index (χ3v) is 5.02. The Labute approximate surface area is 196 Å². The maximum absolute atomic E-state index is 12.2. The van der Waals surface area contributed by atoms with Gasteiger partial charge in [-0.2, -0.15) is 5.10 Å². The second kappa shape index (κ2) is 10.5. The summed E-state index contributed by atoms with van der Waals surface area (Å²) in [5.41, 5.74) is 5.13. The molecule has 0 radical (unpaired) electrons. The summed E-state index contributed by atoms with van der Waals surface area (Å²) in [5.74, 6) is 1.23. The van der Waals surface area contributed by atoms with Crippen molar-refractivity contribution in [2.45, 2.75) is 0 Å². The molecule has 3 aromatic carbocycles. The van der Waals surface area contributed by atoms with E-state index in [1.807, 2.05) is 42.5 Å². The predicted molar refractivity (Wildman–Crippen MR) is 132 cm³/mol. The molecule has 0 atom stereocenters. The van der Waals surface area contributed by atoms with Crippen LogP contribution in [-0.4, -0.2) is 30.8 Å². The van der Waals surface area contributed by atoms with Crippen LogP contribution in [0.25, 0.3) is 10.9 Å². The van der Waals surface area contributed by atoms with Crippen LogP contribution in [0.15, 0.2) is 84.0 Å². The molecule has 4 aromatic rings. The van der Waals surface area contributed by atoms with Gasteiger partial charge < -0.3 is 14.8 Å². The minimum Gasteiger partial charge on any atom is -0.493 e. The standard InChI is InChI=1S/C25H21ClN4O3/c1-32-23-14-17(15-27-30-24-13-11-18-6-2-4-8-20(18)28-24)10-12-22(23)33-16-25(31)29-21-9-5-3-7-19(21)26/h2-15H,16H2,1H3,(H,28,30)(H,29,31)/b27-15+. The van der Waals surface area contributed by atoms with E-state index in [4.69, 9.17) is 21.1 Å². The van der Waals surface area contributed by atoms with Crippen molar-refractivity contribution in [2.75, 3.05) is 24.5 Å². The van der Waals surface area contributed by atoms with Crippen LogP contribution in [0, 0.1) is 0 Å². The van der Waals surface area contributed by atoms with Crippen LogP contribution in [0.2, 0.25) is 5.02 Å². The average molecular weight is 461 g/mol. The van der Waals surface area contributed by atoms with Crippen LogP contribution < -0.4 is 20.2 Å². The van der Waals surface area contributed by atoms with Gasteiger partial charge in [0.25, 0.3) is 5.91 Å². The molecule has 0 spiro atoms. The van der Waals surface area contributed by atoms with Crippen LogP contribution >= 0.6 is 11.6 Å². The van der Waals surface area contributed by atoms with E-state index < -0.39 is 0 Å². The summed E-state index contributed by atoms with van der Waals surface area (Å²) in [6.45, 7) is -0.190. The topological polar surface area (TPSA) is 84.8 Å². The highest BCUT2D eigenvalue weighted by atomic mass is 35.5. The number of hydrogen-bond donors (Lipinski definition) is 2. The SMILES string of the molecule is COc1cc(/C=N/Nc2ccc3ccccc3n2)ccc1OCC(=O)Nc1ccccc1Cl. The van der Waals surface area contributed by atoms with Crippen molar-refractivity contribution >= 4 is 46.1 Å². The Morgan fingerprint density at radius 3 is 2.70 bits per heavy atom. The molecule has 2 N–H and O–H groups in total. The lowest BCUT2D eigenvalue weighted by molar-refractivity contribution is -0.118. The molecule has 4 rings (SSSR count). The highest BCUT2D eigenvalue weighted by molar-refractivity contribution is 6.33. The Morgan fingerprint density at radius 1 is 1.03 bits per heavy atom. The molecule has 1 aromatic heterocycles. The van der Waals surface area contributed by atoms with Gasteiger partial charge in [0.15, 0.2) is 18.1 Å². The molecule has 0 aliphatic carbocycles. The minimum absolute atomic E-state index is 0.190. The molecule has 33 heavy (non-hydrogen) atoms. The third-order valence-electron chi connectivity index (χ3n) is 4.69. The van der Waals surface area contributed by atoms with Gasteiger partial charge in [-0.3, -0.25) is 10.2 Å². The summed E-state index contributed by atoms with van der Waals surface area (Å²) in [7, 11) is 1.53. The molecule has 0 bridgehead atoms. The van der Waals surface area contributed by atoms with Crippen molar-refractivity contribution < 1.29 is 14.3 Å². The largest absolute Gasteiger partial charge is 0.493 e. The van der Waals surface area contributed by atoms with E-state index in [9.17, 15) is 4.79 Å². The van der Waals surface area contributed by atoms with E-state index >= 15 is 0 Å². The van der Waals surface area contributed by atoms with Gasteiger partial charge in [-0.25, -0.2) is 4.98 Å². The molecular weight excluding hydrogens is 440 g/mol. The number of nitrogens with one attached hydrogen (secondary N) is 2. The van der Waals surface area contributed by atoms with Crippen LogP contribution in [0.1, 0.15) is 5.56 Å². The number of hydrazone groups is 1. The Kier molecular flexibility index (Phi) is 7.02. The molecule has 166 valence electrons. The summed E-state index contributed by atoms with van der Waals surface area (Å²) in [6, 6.07) is 24.0. The van der Waals surface area contributed by atoms with Gasteiger partial charge in [0.05, 0.1) is 29.6 Å². The second-order valence-corrected chi connectivity index (χ2v) is 7.39. The van der Waals surface area contributed by atoms with Gasteiger partial charge in [0.1, 0.15) is 5.82 Å². The fourth-order valence-corrected chi connectivity index (χ4v) is 3.26. The predicted octanol–water partition coefficient (Wildman–Crippen LogP) is 5.36. The third kappa shape index (κ3) is 5.78. The smallest absolute Gasteiger partial charge is 0.262 e. The van der Waals surface area contributed by atoms with Gasteiger partial charge in [-0.05, 0) is 54.1 Å². The fraction of sp³-hybridized carbons (Fsp3) is 0.0800. The van der Waals surface area contributed by atoms with E-state index in [2.05, 4.69) is 20.8 Å². The van der Waals surface area contributed by atoms with E-state index in [1.165, 1.54) is 7.11 Å². The Morgan fingerprint density at radius 2 is 1.85 bits per heavy atom. The van der Waals surface area contributed by atoms with E-state index in [0.717, 1.165) is 16.5 Å². The number of carbonyl (C=O) groups excluding carboxylic acids is 1.